The van der Waals surface area contributed by atoms with Gasteiger partial charge in [0.25, 0.3) is 0 Å². The number of rotatable bonds is 6. The molecule has 2 aromatic rings. The Morgan fingerprint density at radius 3 is 1.24 bits per heavy atom. The van der Waals surface area contributed by atoms with Crippen LogP contribution in [0.2, 0.25) is 0 Å². The third-order valence-electron chi connectivity index (χ3n) is 4.91. The molecule has 134 valence electrons. The van der Waals surface area contributed by atoms with Gasteiger partial charge < -0.3 is 18.9 Å². The highest BCUT2D eigenvalue weighted by atomic mass is 32.1. The summed E-state index contributed by atoms with van der Waals surface area (Å²) in [7, 11) is 4.48. The molecule has 0 atom stereocenters. The number of hydrogen-bond donors (Lipinski definition) is 2. The van der Waals surface area contributed by atoms with E-state index in [4.69, 9.17) is 44.2 Å². The highest BCUT2D eigenvalue weighted by molar-refractivity contribution is 7.86. The van der Waals surface area contributed by atoms with Crippen LogP contribution in [-0.4, -0.2) is 47.3 Å². The van der Waals surface area contributed by atoms with Gasteiger partial charge in [-0.3, -0.25) is 0 Å². The Morgan fingerprint density at radius 2 is 0.960 bits per heavy atom. The van der Waals surface area contributed by atoms with Gasteiger partial charge >= 0.3 is 0 Å². The minimum atomic E-state index is -2.13. The minimum absolute atomic E-state index is 0.713. The average Bonchev–Trinajstić information content (AvgIpc) is 2.93. The van der Waals surface area contributed by atoms with Gasteiger partial charge in [-0.05, 0) is 56.5 Å². The van der Waals surface area contributed by atoms with Crippen LogP contribution in [0.3, 0.4) is 0 Å². The van der Waals surface area contributed by atoms with E-state index in [0.29, 0.717) is 11.5 Å². The summed E-state index contributed by atoms with van der Waals surface area (Å²) in [6.45, 7) is 0. The number of benzene rings is 2. The molecule has 3 rings (SSSR count). The Balaban J connectivity index is 2.37. The van der Waals surface area contributed by atoms with Crippen molar-refractivity contribution in [2.24, 2.45) is 0 Å². The fourth-order valence-corrected chi connectivity index (χ4v) is 10.1. The predicted molar refractivity (Wildman–Crippen MR) is 111 cm³/mol. The predicted octanol–water partition coefficient (Wildman–Crippen LogP) is 2.20. The van der Waals surface area contributed by atoms with E-state index in [1.54, 1.807) is 28.4 Å². The lowest BCUT2D eigenvalue weighted by Gasteiger charge is -2.26. The van der Waals surface area contributed by atoms with Crippen molar-refractivity contribution < 1.29 is 18.9 Å². The van der Waals surface area contributed by atoms with Gasteiger partial charge in [0, 0.05) is 0 Å². The van der Waals surface area contributed by atoms with Crippen LogP contribution >= 0.6 is 25.3 Å². The summed E-state index contributed by atoms with van der Waals surface area (Å²) >= 11 is 9.45. The van der Waals surface area contributed by atoms with Crippen LogP contribution in [0.4, 0.5) is 0 Å². The molecule has 0 aliphatic carbocycles. The second-order valence-corrected chi connectivity index (χ2v) is 11.7. The number of fused-ring (bicyclic) bond motifs is 3. The molecule has 0 amide bonds. The van der Waals surface area contributed by atoms with Crippen LogP contribution in [0.1, 0.15) is 0 Å². The molecule has 0 bridgehead atoms. The molecular formula is C18H22O4S2Si. The molecule has 0 aromatic heterocycles. The molecule has 1 heterocycles. The number of hydrogen-bond acceptors (Lipinski definition) is 6. The fraction of sp³-hybridized carbons (Fsp3) is 0.333. The maximum absolute atomic E-state index is 5.53. The smallest absolute Gasteiger partial charge is 0.161 e. The van der Waals surface area contributed by atoms with Crippen molar-refractivity contribution in [3.05, 3.63) is 24.3 Å². The van der Waals surface area contributed by atoms with Crippen molar-refractivity contribution in [2.75, 3.05) is 39.2 Å². The molecule has 7 heteroatoms. The average molecular weight is 395 g/mol. The molecule has 0 N–H and O–H groups in total. The number of ether oxygens (including phenoxy) is 4. The maximum Gasteiger partial charge on any atom is 0.161 e. The van der Waals surface area contributed by atoms with Crippen molar-refractivity contribution in [1.82, 2.24) is 0 Å². The number of methoxy groups -OCH3 is 4. The Morgan fingerprint density at radius 1 is 0.640 bits per heavy atom. The summed E-state index contributed by atoms with van der Waals surface area (Å²) in [5.41, 5.74) is 2.28. The molecule has 25 heavy (non-hydrogen) atoms. The highest BCUT2D eigenvalue weighted by Gasteiger charge is 2.45. The Kier molecular flexibility index (Phi) is 5.18. The SMILES string of the molecule is COc1cc2c(cc1OC)[Si](CS)(CS)c1cc(OC)c(OC)cc1-2. The molecule has 0 fully saturated rings. The quantitative estimate of drug-likeness (QED) is 0.582. The Hall–Kier alpha value is -1.44. The van der Waals surface area contributed by atoms with Crippen molar-refractivity contribution in [3.63, 3.8) is 0 Å². The standard InChI is InChI=1S/C18H22O4S2Si/c1-19-13-5-11-12-6-14(20-2)16(22-4)8-18(12)25(9-23,10-24)17(11)7-15(13)21-3/h5-8,23-24H,9-10H2,1-4H3. The van der Waals surface area contributed by atoms with E-state index in [0.717, 1.165) is 33.4 Å². The number of thiol groups is 2. The first-order valence-electron chi connectivity index (χ1n) is 7.85. The highest BCUT2D eigenvalue weighted by Crippen LogP contribution is 2.40. The molecule has 0 spiro atoms. The second-order valence-electron chi connectivity index (χ2n) is 5.90. The van der Waals surface area contributed by atoms with Gasteiger partial charge in [-0.15, -0.1) is 0 Å². The summed E-state index contributed by atoms with van der Waals surface area (Å²) in [6, 6.07) is 8.26. The Labute approximate surface area is 160 Å². The molecule has 2 aromatic carbocycles. The normalized spacial score (nSPS) is 13.8. The van der Waals surface area contributed by atoms with E-state index in [1.807, 2.05) is 12.1 Å². The monoisotopic (exact) mass is 394 g/mol. The molecule has 0 saturated carbocycles. The van der Waals surface area contributed by atoms with E-state index in [-0.39, 0.29) is 0 Å². The molecule has 0 saturated heterocycles. The van der Waals surface area contributed by atoms with Crippen molar-refractivity contribution in [3.8, 4) is 34.1 Å². The van der Waals surface area contributed by atoms with Crippen LogP contribution in [-0.2, 0) is 0 Å². The zero-order valence-corrected chi connectivity index (χ0v) is 17.5. The summed E-state index contributed by atoms with van der Waals surface area (Å²) in [6.07, 6.45) is 0. The summed E-state index contributed by atoms with van der Waals surface area (Å²) in [5.74, 6) is 2.89. The maximum atomic E-state index is 5.53. The topological polar surface area (TPSA) is 36.9 Å². The lowest BCUT2D eigenvalue weighted by Crippen LogP contribution is -2.60. The third-order valence-corrected chi connectivity index (χ3v) is 12.1. The summed E-state index contributed by atoms with van der Waals surface area (Å²) in [5, 5.41) is 4.03. The lowest BCUT2D eigenvalue weighted by atomic mass is 10.0. The van der Waals surface area contributed by atoms with Gasteiger partial charge in [-0.1, -0.05) is 0 Å². The van der Waals surface area contributed by atoms with Crippen LogP contribution in [0, 0.1) is 0 Å². The minimum Gasteiger partial charge on any atom is -0.493 e. The zero-order chi connectivity index (χ0) is 18.2. The van der Waals surface area contributed by atoms with E-state index in [9.17, 15) is 0 Å². The molecular weight excluding hydrogens is 372 g/mol. The van der Waals surface area contributed by atoms with E-state index >= 15 is 0 Å². The van der Waals surface area contributed by atoms with Crippen molar-refractivity contribution in [1.29, 1.82) is 0 Å². The first-order valence-corrected chi connectivity index (χ1v) is 11.5. The lowest BCUT2D eigenvalue weighted by molar-refractivity contribution is 0.355. The van der Waals surface area contributed by atoms with Crippen molar-refractivity contribution in [2.45, 2.75) is 0 Å². The Bertz CT molecular complexity index is 743. The molecule has 0 unspecified atom stereocenters. The second kappa shape index (κ2) is 7.05. The fourth-order valence-electron chi connectivity index (χ4n) is 3.53. The molecule has 1 aliphatic rings. The molecule has 4 nitrogen and oxygen atoms in total. The molecule has 1 aliphatic heterocycles. The largest absolute Gasteiger partial charge is 0.493 e. The van der Waals surface area contributed by atoms with Gasteiger partial charge in [-0.2, -0.15) is 25.3 Å². The first-order chi connectivity index (χ1) is 12.1. The van der Waals surface area contributed by atoms with Crippen LogP contribution < -0.4 is 29.3 Å². The van der Waals surface area contributed by atoms with Crippen LogP contribution in [0.25, 0.3) is 11.1 Å². The third kappa shape index (κ3) is 2.60. The zero-order valence-electron chi connectivity index (χ0n) is 14.8. The first kappa shape index (κ1) is 18.4. The van der Waals surface area contributed by atoms with Gasteiger partial charge in [0.15, 0.2) is 23.0 Å². The van der Waals surface area contributed by atoms with E-state index < -0.39 is 8.07 Å². The summed E-state index contributed by atoms with van der Waals surface area (Å²) < 4.78 is 22.1. The van der Waals surface area contributed by atoms with Crippen LogP contribution in [0.15, 0.2) is 24.3 Å². The van der Waals surface area contributed by atoms with Crippen LogP contribution in [0.5, 0.6) is 23.0 Å². The van der Waals surface area contributed by atoms with Gasteiger partial charge in [0.2, 0.25) is 0 Å². The van der Waals surface area contributed by atoms with Crippen molar-refractivity contribution >= 4 is 43.7 Å². The van der Waals surface area contributed by atoms with E-state index in [1.165, 1.54) is 10.4 Å². The van der Waals surface area contributed by atoms with E-state index in [2.05, 4.69) is 12.1 Å². The van der Waals surface area contributed by atoms with Gasteiger partial charge in [-0.25, -0.2) is 0 Å². The van der Waals surface area contributed by atoms with Gasteiger partial charge in [0.05, 0.1) is 28.4 Å². The van der Waals surface area contributed by atoms with Gasteiger partial charge in [0.1, 0.15) is 8.07 Å². The molecule has 0 radical (unpaired) electrons. The summed E-state index contributed by atoms with van der Waals surface area (Å²) in [4.78, 5) is 0.